The van der Waals surface area contributed by atoms with Gasteiger partial charge in [-0.05, 0) is 0 Å². The largest absolute Gasteiger partial charge is 0.271 e. The average Bonchev–Trinajstić information content (AvgIpc) is 1.83. The van der Waals surface area contributed by atoms with Crippen LogP contribution in [-0.2, 0) is 0 Å². The molecule has 0 fully saturated rings. The molecular weight excluding hydrogens is 169 g/mol. The minimum absolute atomic E-state index is 0. The van der Waals surface area contributed by atoms with Crippen LogP contribution < -0.4 is 0 Å². The van der Waals surface area contributed by atoms with E-state index < -0.39 is 17.6 Å². The second-order valence-corrected chi connectivity index (χ2v) is 1.30. The van der Waals surface area contributed by atoms with Gasteiger partial charge >= 0.3 is 0 Å². The fourth-order valence-electron chi connectivity index (χ4n) is 0.329. The molecule has 0 N–H and O–H groups in total. The summed E-state index contributed by atoms with van der Waals surface area (Å²) in [4.78, 5) is 0. The fraction of sp³-hybridized carbons (Fsp3) is 0. The van der Waals surface area contributed by atoms with Gasteiger partial charge in [0.2, 0.25) is 5.82 Å². The first-order valence-corrected chi connectivity index (χ1v) is 2.04. The Morgan fingerprint density at radius 3 is 2.20 bits per heavy atom. The molecule has 0 saturated heterocycles. The number of hydrogen-bond donors (Lipinski definition) is 0. The number of halogens is 4. The van der Waals surface area contributed by atoms with E-state index >= 15 is 0 Å². The maximum Gasteiger partial charge on any atom is 0.271 e. The Morgan fingerprint density at radius 1 is 1.20 bits per heavy atom. The third kappa shape index (κ3) is 1.57. The molecule has 0 atom stereocenters. The Morgan fingerprint density at radius 2 is 1.80 bits per heavy atom. The van der Waals surface area contributed by atoms with Crippen molar-refractivity contribution in [2.24, 2.45) is 0 Å². The van der Waals surface area contributed by atoms with Crippen LogP contribution in [0, 0.1) is 17.6 Å². The number of hydrogen-bond acceptors (Lipinski definition) is 2. The second kappa shape index (κ2) is 3.36. The van der Waals surface area contributed by atoms with Crippen LogP contribution >= 0.6 is 12.4 Å². The Balaban J connectivity index is 0.000000810. The molecule has 2 nitrogen and oxygen atoms in total. The molecule has 0 aliphatic rings. The SMILES string of the molecule is Cl.Fc1cnnc(F)c1F. The molecule has 1 heterocycles. The normalized spacial score (nSPS) is 8.70. The topological polar surface area (TPSA) is 25.8 Å². The average molecular weight is 171 g/mol. The van der Waals surface area contributed by atoms with Crippen molar-refractivity contribution in [3.8, 4) is 0 Å². The van der Waals surface area contributed by atoms with E-state index in [2.05, 4.69) is 10.2 Å². The van der Waals surface area contributed by atoms with Crippen molar-refractivity contribution in [3.05, 3.63) is 23.8 Å². The molecule has 56 valence electrons. The summed E-state index contributed by atoms with van der Waals surface area (Å²) in [6.07, 6.45) is 0.498. The van der Waals surface area contributed by atoms with Crippen LogP contribution in [0.1, 0.15) is 0 Å². The molecule has 0 unspecified atom stereocenters. The quantitative estimate of drug-likeness (QED) is 0.587. The molecule has 1 aromatic heterocycles. The maximum atomic E-state index is 11.9. The van der Waals surface area contributed by atoms with Gasteiger partial charge in [0.25, 0.3) is 5.95 Å². The van der Waals surface area contributed by atoms with Crippen molar-refractivity contribution >= 4 is 12.4 Å². The van der Waals surface area contributed by atoms with Crippen LogP contribution in [0.2, 0.25) is 0 Å². The first-order chi connectivity index (χ1) is 4.22. The Labute approximate surface area is 60.5 Å². The monoisotopic (exact) mass is 170 g/mol. The van der Waals surface area contributed by atoms with Crippen molar-refractivity contribution in [2.45, 2.75) is 0 Å². The van der Waals surface area contributed by atoms with Gasteiger partial charge in [-0.3, -0.25) is 0 Å². The summed E-state index contributed by atoms with van der Waals surface area (Å²) in [6.45, 7) is 0. The first-order valence-electron chi connectivity index (χ1n) is 2.04. The van der Waals surface area contributed by atoms with Crippen molar-refractivity contribution in [2.75, 3.05) is 0 Å². The highest BCUT2D eigenvalue weighted by Crippen LogP contribution is 2.03. The Bertz CT molecular complexity index is 209. The van der Waals surface area contributed by atoms with E-state index in [0.717, 1.165) is 0 Å². The van der Waals surface area contributed by atoms with E-state index in [9.17, 15) is 13.2 Å². The van der Waals surface area contributed by atoms with Crippen LogP contribution in [0.4, 0.5) is 13.2 Å². The zero-order valence-corrected chi connectivity index (χ0v) is 5.33. The molecule has 0 aromatic carbocycles. The molecule has 0 amide bonds. The van der Waals surface area contributed by atoms with Gasteiger partial charge in [-0.1, -0.05) is 0 Å². The predicted octanol–water partition coefficient (Wildman–Crippen LogP) is 1.32. The van der Waals surface area contributed by atoms with Gasteiger partial charge < -0.3 is 0 Å². The molecule has 0 spiro atoms. The highest BCUT2D eigenvalue weighted by atomic mass is 35.5. The second-order valence-electron chi connectivity index (χ2n) is 1.30. The Kier molecular flexibility index (Phi) is 3.08. The number of rotatable bonds is 0. The lowest BCUT2D eigenvalue weighted by Crippen LogP contribution is -1.95. The van der Waals surface area contributed by atoms with Crippen molar-refractivity contribution in [1.82, 2.24) is 10.2 Å². The molecular formula is C4H2ClF3N2. The highest BCUT2D eigenvalue weighted by Gasteiger charge is 2.07. The summed E-state index contributed by atoms with van der Waals surface area (Å²) in [5.74, 6) is -4.44. The van der Waals surface area contributed by atoms with E-state index in [0.29, 0.717) is 6.20 Å². The van der Waals surface area contributed by atoms with Gasteiger partial charge in [-0.15, -0.1) is 17.5 Å². The smallest absolute Gasteiger partial charge is 0.202 e. The lowest BCUT2D eigenvalue weighted by atomic mass is 10.5. The first kappa shape index (κ1) is 9.16. The summed E-state index contributed by atoms with van der Waals surface area (Å²) < 4.78 is 35.5. The minimum atomic E-state index is -1.59. The van der Waals surface area contributed by atoms with Crippen LogP contribution in [0.3, 0.4) is 0 Å². The molecule has 10 heavy (non-hydrogen) atoms. The van der Waals surface area contributed by atoms with Gasteiger partial charge in [0.05, 0.1) is 6.20 Å². The van der Waals surface area contributed by atoms with Gasteiger partial charge in [-0.2, -0.15) is 13.9 Å². The van der Waals surface area contributed by atoms with Crippen LogP contribution in [-0.4, -0.2) is 10.2 Å². The highest BCUT2D eigenvalue weighted by molar-refractivity contribution is 5.85. The van der Waals surface area contributed by atoms with Crippen LogP contribution in [0.15, 0.2) is 6.20 Å². The van der Waals surface area contributed by atoms with Crippen molar-refractivity contribution in [3.63, 3.8) is 0 Å². The molecule has 0 aliphatic heterocycles. The standard InChI is InChI=1S/C4HF3N2.ClH/c5-2-1-8-9-4(7)3(2)6;/h1H;1H. The summed E-state index contributed by atoms with van der Waals surface area (Å²) in [7, 11) is 0. The van der Waals surface area contributed by atoms with E-state index in [1.54, 1.807) is 0 Å². The third-order valence-electron chi connectivity index (χ3n) is 0.707. The summed E-state index contributed by atoms with van der Waals surface area (Å²) in [5.41, 5.74) is 0. The number of nitrogens with zero attached hydrogens (tertiary/aromatic N) is 2. The van der Waals surface area contributed by atoms with Gasteiger partial charge in [0.15, 0.2) is 5.82 Å². The summed E-state index contributed by atoms with van der Waals surface area (Å²) in [5, 5.41) is 5.41. The van der Waals surface area contributed by atoms with E-state index in [1.807, 2.05) is 0 Å². The minimum Gasteiger partial charge on any atom is -0.202 e. The van der Waals surface area contributed by atoms with E-state index in [4.69, 9.17) is 0 Å². The molecule has 0 radical (unpaired) electrons. The molecule has 6 heteroatoms. The summed E-state index contributed by atoms with van der Waals surface area (Å²) >= 11 is 0. The van der Waals surface area contributed by atoms with E-state index in [1.165, 1.54) is 0 Å². The zero-order valence-electron chi connectivity index (χ0n) is 4.51. The predicted molar refractivity (Wildman–Crippen MR) is 29.2 cm³/mol. The van der Waals surface area contributed by atoms with Crippen molar-refractivity contribution in [1.29, 1.82) is 0 Å². The lowest BCUT2D eigenvalue weighted by molar-refractivity contribution is 0.413. The van der Waals surface area contributed by atoms with Crippen molar-refractivity contribution < 1.29 is 13.2 Å². The third-order valence-corrected chi connectivity index (χ3v) is 0.707. The summed E-state index contributed by atoms with van der Waals surface area (Å²) in [6, 6.07) is 0. The maximum absolute atomic E-state index is 11.9. The van der Waals surface area contributed by atoms with Gasteiger partial charge in [0, 0.05) is 0 Å². The lowest BCUT2D eigenvalue weighted by Gasteiger charge is -1.87. The van der Waals surface area contributed by atoms with Gasteiger partial charge in [-0.25, -0.2) is 4.39 Å². The molecule has 0 aliphatic carbocycles. The van der Waals surface area contributed by atoms with Gasteiger partial charge in [0.1, 0.15) is 0 Å². The van der Waals surface area contributed by atoms with Crippen LogP contribution in [0.5, 0.6) is 0 Å². The molecule has 1 aromatic rings. The van der Waals surface area contributed by atoms with Crippen LogP contribution in [0.25, 0.3) is 0 Å². The fourth-order valence-corrected chi connectivity index (χ4v) is 0.329. The molecule has 1 rings (SSSR count). The zero-order chi connectivity index (χ0) is 6.85. The Hall–Kier alpha value is -0.840. The number of aromatic nitrogens is 2. The molecule has 0 saturated carbocycles. The van der Waals surface area contributed by atoms with E-state index in [-0.39, 0.29) is 12.4 Å². The molecule has 0 bridgehead atoms.